The number of aromatic nitrogens is 6. The normalized spacial score (nSPS) is 11.7. The van der Waals surface area contributed by atoms with Gasteiger partial charge < -0.3 is 13.9 Å². The number of hydrogen-bond acceptors (Lipinski definition) is 3. The van der Waals surface area contributed by atoms with Gasteiger partial charge in [-0.3, -0.25) is 8.80 Å². The molecule has 8 heteroatoms. The molecule has 0 saturated heterocycles. The molecule has 0 saturated carbocycles. The molecule has 10 aromatic rings. The van der Waals surface area contributed by atoms with Crippen LogP contribution in [0.4, 0.5) is 0 Å². The number of para-hydroxylation sites is 8. The van der Waals surface area contributed by atoms with Gasteiger partial charge in [-0.25, -0.2) is 9.97 Å². The van der Waals surface area contributed by atoms with E-state index in [0.717, 1.165) is 67.1 Å². The molecule has 0 unspecified atom stereocenters. The van der Waals surface area contributed by atoms with E-state index in [4.69, 9.17) is 14.7 Å². The molecule has 7 nitrogen and oxygen atoms in total. The van der Waals surface area contributed by atoms with Crippen molar-refractivity contribution in [3.05, 3.63) is 146 Å². The largest absolute Gasteiger partial charge is 2.00 e. The van der Waals surface area contributed by atoms with Crippen molar-refractivity contribution in [3.63, 3.8) is 0 Å². The van der Waals surface area contributed by atoms with Crippen molar-refractivity contribution in [1.29, 1.82) is 0 Å². The molecule has 0 N–H and O–H groups in total. The molecule has 0 aliphatic carbocycles. The van der Waals surface area contributed by atoms with Crippen LogP contribution in [0.25, 0.3) is 67.1 Å². The standard InChI is InChI=1S/C38H22N6O.Pt/c1-3-17-31-29(15-1)39-37-41(33-19-5-7-21-35(33)43(31)37)25-11-9-13-27(23-25)45-28-14-10-12-26(24-28)42-34-20-6-8-22-36(34)44-32-18-4-2-16-30(32)40-38(42)44;/h1-22H;/q-2;+2. The molecule has 6 aromatic carbocycles. The molecule has 0 aliphatic heterocycles. The molecule has 0 bridgehead atoms. The van der Waals surface area contributed by atoms with Crippen molar-refractivity contribution < 1.29 is 25.8 Å². The Kier molecular flexibility index (Phi) is 5.92. The SMILES string of the molecule is [Pt+2].[c-]1c(Oc2[c-]c(-n3c4ccccc4n4c5ccccc5nc34)ccc2)cccc1-n1c2ccccc2n2c3ccccc3nc12. The topological polar surface area (TPSA) is 53.7 Å². The summed E-state index contributed by atoms with van der Waals surface area (Å²) in [5.41, 5.74) is 9.96. The van der Waals surface area contributed by atoms with E-state index in [2.05, 4.69) is 78.6 Å². The maximum Gasteiger partial charge on any atom is 2.00 e. The van der Waals surface area contributed by atoms with Crippen LogP contribution in [0, 0.1) is 12.1 Å². The number of rotatable bonds is 4. The summed E-state index contributed by atoms with van der Waals surface area (Å²) in [5.74, 6) is 2.83. The van der Waals surface area contributed by atoms with Gasteiger partial charge in [0, 0.05) is 11.5 Å². The van der Waals surface area contributed by atoms with Gasteiger partial charge in [0.05, 0.1) is 44.1 Å². The third kappa shape index (κ3) is 3.82. The zero-order valence-corrected chi connectivity index (χ0v) is 26.4. The minimum Gasteiger partial charge on any atom is -0.509 e. The molecule has 4 aromatic heterocycles. The van der Waals surface area contributed by atoms with Gasteiger partial charge in [0.25, 0.3) is 0 Å². The van der Waals surface area contributed by atoms with E-state index < -0.39 is 0 Å². The minimum absolute atomic E-state index is 0. The zero-order chi connectivity index (χ0) is 29.5. The van der Waals surface area contributed by atoms with Crippen LogP contribution in [0.3, 0.4) is 0 Å². The quantitative estimate of drug-likeness (QED) is 0.169. The van der Waals surface area contributed by atoms with E-state index in [-0.39, 0.29) is 21.1 Å². The molecule has 220 valence electrons. The Morgan fingerprint density at radius 3 is 1.26 bits per heavy atom. The molecule has 46 heavy (non-hydrogen) atoms. The van der Waals surface area contributed by atoms with Crippen LogP contribution < -0.4 is 4.74 Å². The van der Waals surface area contributed by atoms with E-state index >= 15 is 0 Å². The number of imidazole rings is 4. The molecule has 4 heterocycles. The predicted molar refractivity (Wildman–Crippen MR) is 177 cm³/mol. The van der Waals surface area contributed by atoms with E-state index in [0.29, 0.717) is 11.5 Å². The second-order valence-corrected chi connectivity index (χ2v) is 11.0. The molecule has 0 spiro atoms. The average Bonchev–Trinajstić information content (AvgIpc) is 3.81. The number of fused-ring (bicyclic) bond motifs is 10. The first-order valence-corrected chi connectivity index (χ1v) is 14.8. The number of nitrogens with zero attached hydrogens (tertiary/aromatic N) is 6. The molecule has 0 amide bonds. The van der Waals surface area contributed by atoms with Gasteiger partial charge in [0.15, 0.2) is 0 Å². The van der Waals surface area contributed by atoms with Gasteiger partial charge in [0.2, 0.25) is 11.6 Å². The van der Waals surface area contributed by atoms with Gasteiger partial charge in [-0.2, -0.15) is 12.1 Å². The van der Waals surface area contributed by atoms with Crippen LogP contribution in [0.1, 0.15) is 0 Å². The first-order valence-electron chi connectivity index (χ1n) is 14.8. The predicted octanol–water partition coefficient (Wildman–Crippen LogP) is 8.57. The van der Waals surface area contributed by atoms with Crippen LogP contribution in [0.5, 0.6) is 11.5 Å². The fraction of sp³-hybridized carbons (Fsp3) is 0. The van der Waals surface area contributed by atoms with Gasteiger partial charge in [-0.05, 0) is 48.5 Å². The number of benzene rings is 6. The van der Waals surface area contributed by atoms with Crippen molar-refractivity contribution in [2.75, 3.05) is 0 Å². The summed E-state index contributed by atoms with van der Waals surface area (Å²) in [6.45, 7) is 0. The van der Waals surface area contributed by atoms with Crippen LogP contribution in [-0.4, -0.2) is 27.9 Å². The maximum atomic E-state index is 6.43. The van der Waals surface area contributed by atoms with Crippen molar-refractivity contribution in [2.24, 2.45) is 0 Å². The first kappa shape index (κ1) is 26.7. The monoisotopic (exact) mass is 773 g/mol. The Hall–Kier alpha value is -5.65. The Morgan fingerprint density at radius 2 is 0.804 bits per heavy atom. The molecule has 0 radical (unpaired) electrons. The fourth-order valence-electron chi connectivity index (χ4n) is 6.55. The fourth-order valence-corrected chi connectivity index (χ4v) is 6.55. The van der Waals surface area contributed by atoms with E-state index in [1.807, 2.05) is 84.9 Å². The Balaban J connectivity index is 0.00000292. The Bertz CT molecular complexity index is 2580. The average molecular weight is 774 g/mol. The van der Waals surface area contributed by atoms with Gasteiger partial charge in [-0.1, -0.05) is 59.9 Å². The first-order chi connectivity index (χ1) is 22.3. The van der Waals surface area contributed by atoms with Crippen LogP contribution in [0.15, 0.2) is 133 Å². The van der Waals surface area contributed by atoms with Crippen molar-refractivity contribution >= 4 is 55.7 Å². The summed E-state index contributed by atoms with van der Waals surface area (Å²) in [4.78, 5) is 9.99. The third-order valence-electron chi connectivity index (χ3n) is 8.42. The van der Waals surface area contributed by atoms with Crippen LogP contribution in [0.2, 0.25) is 0 Å². The minimum atomic E-state index is 0. The Morgan fingerprint density at radius 1 is 0.413 bits per heavy atom. The summed E-state index contributed by atoms with van der Waals surface area (Å²) >= 11 is 0. The van der Waals surface area contributed by atoms with Crippen molar-refractivity contribution in [1.82, 2.24) is 27.9 Å². The summed E-state index contributed by atoms with van der Waals surface area (Å²) in [5, 5.41) is 0. The molecule has 0 atom stereocenters. The smallest absolute Gasteiger partial charge is 0.509 e. The molecule has 0 aliphatic rings. The van der Waals surface area contributed by atoms with Gasteiger partial charge in [0.1, 0.15) is 0 Å². The molecular formula is C38H22N6OPt. The summed E-state index contributed by atoms with van der Waals surface area (Å²) < 4.78 is 15.1. The third-order valence-corrected chi connectivity index (χ3v) is 8.42. The molecule has 10 rings (SSSR count). The van der Waals surface area contributed by atoms with Crippen LogP contribution >= 0.6 is 0 Å². The summed E-state index contributed by atoms with van der Waals surface area (Å²) in [6.07, 6.45) is 0. The van der Waals surface area contributed by atoms with Crippen molar-refractivity contribution in [2.45, 2.75) is 0 Å². The second-order valence-electron chi connectivity index (χ2n) is 11.0. The van der Waals surface area contributed by atoms with E-state index in [9.17, 15) is 0 Å². The van der Waals surface area contributed by atoms with Crippen molar-refractivity contribution in [3.8, 4) is 22.9 Å². The molecule has 0 fully saturated rings. The zero-order valence-electron chi connectivity index (χ0n) is 24.1. The second kappa shape index (κ2) is 10.2. The number of hydrogen-bond donors (Lipinski definition) is 0. The maximum absolute atomic E-state index is 6.43. The van der Waals surface area contributed by atoms with Gasteiger partial charge >= 0.3 is 21.1 Å². The number of ether oxygens (including phenoxy) is 1. The van der Waals surface area contributed by atoms with E-state index in [1.165, 1.54) is 0 Å². The Labute approximate surface area is 276 Å². The van der Waals surface area contributed by atoms with E-state index in [1.54, 1.807) is 0 Å². The van der Waals surface area contributed by atoms with Gasteiger partial charge in [-0.15, -0.1) is 36.4 Å². The summed E-state index contributed by atoms with van der Waals surface area (Å²) in [6, 6.07) is 52.0. The van der Waals surface area contributed by atoms with Crippen LogP contribution in [-0.2, 0) is 21.1 Å². The summed E-state index contributed by atoms with van der Waals surface area (Å²) in [7, 11) is 0. The molecular weight excluding hydrogens is 752 g/mol.